The summed E-state index contributed by atoms with van der Waals surface area (Å²) in [5.41, 5.74) is 4.42. The van der Waals surface area contributed by atoms with E-state index in [1.54, 1.807) is 24.4 Å². The summed E-state index contributed by atoms with van der Waals surface area (Å²) in [5.74, 6) is -0.820. The van der Waals surface area contributed by atoms with Gasteiger partial charge in [-0.2, -0.15) is 0 Å². The largest absolute Gasteiger partial charge is 0.455 e. The van der Waals surface area contributed by atoms with Gasteiger partial charge < -0.3 is 14.3 Å². The van der Waals surface area contributed by atoms with Crippen LogP contribution in [0.15, 0.2) is 71.3 Å². The molecule has 6 aromatic rings. The molecule has 0 radical (unpaired) electrons. The minimum atomic E-state index is -3.75. The zero-order valence-corrected chi connectivity index (χ0v) is 24.7. The van der Waals surface area contributed by atoms with Crippen LogP contribution in [0.3, 0.4) is 0 Å². The van der Waals surface area contributed by atoms with Gasteiger partial charge in [-0.25, -0.2) is 27.2 Å². The molecule has 1 aliphatic rings. The Balaban J connectivity index is 1.50. The van der Waals surface area contributed by atoms with Crippen molar-refractivity contribution < 1.29 is 26.4 Å². The normalized spacial score (nSPS) is 12.8. The molecule has 0 fully saturated rings. The van der Waals surface area contributed by atoms with Gasteiger partial charge in [0.25, 0.3) is 5.91 Å². The first-order valence-electron chi connectivity index (χ1n) is 13.7. The molecule has 0 spiro atoms. The molecule has 0 saturated heterocycles. The molecule has 222 valence electrons. The highest BCUT2D eigenvalue weighted by Crippen LogP contribution is 2.42. The summed E-state index contributed by atoms with van der Waals surface area (Å²) in [6, 6.07) is 15.4. The molecule has 0 unspecified atom stereocenters. The summed E-state index contributed by atoms with van der Waals surface area (Å²) in [6.07, 6.45) is 3.40. The molecule has 1 amide bonds. The van der Waals surface area contributed by atoms with Gasteiger partial charge in [-0.15, -0.1) is 0 Å². The Labute approximate surface area is 250 Å². The van der Waals surface area contributed by atoms with Crippen LogP contribution in [-0.4, -0.2) is 49.2 Å². The van der Waals surface area contributed by atoms with Crippen LogP contribution in [0.1, 0.15) is 15.9 Å². The number of furan rings is 1. The topological polar surface area (TPSA) is 110 Å². The van der Waals surface area contributed by atoms with Gasteiger partial charge in [-0.05, 0) is 55.0 Å². The SMILES string of the molecule is CNC(=O)c1c(-c2ccc(F)cc2)oc2cc(N(C)S(C)(=O)=O)c(-c3ncc4c(n3)-c3cc5c(F)cccc5n3CC4)cc12. The lowest BCUT2D eigenvalue weighted by atomic mass is 10.0. The number of aryl methyl sites for hydroxylation is 2. The zero-order chi connectivity index (χ0) is 30.9. The molecular formula is C32H25F2N5O4S. The van der Waals surface area contributed by atoms with E-state index in [0.717, 1.165) is 27.3 Å². The Morgan fingerprint density at radius 1 is 1.07 bits per heavy atom. The third-order valence-corrected chi connectivity index (χ3v) is 9.24. The molecule has 44 heavy (non-hydrogen) atoms. The summed E-state index contributed by atoms with van der Waals surface area (Å²) in [5, 5.41) is 3.50. The van der Waals surface area contributed by atoms with E-state index in [2.05, 4.69) is 10.3 Å². The van der Waals surface area contributed by atoms with Crippen LogP contribution in [0.4, 0.5) is 14.5 Å². The molecule has 0 atom stereocenters. The van der Waals surface area contributed by atoms with Crippen molar-refractivity contribution in [1.82, 2.24) is 19.9 Å². The molecule has 0 aliphatic carbocycles. The van der Waals surface area contributed by atoms with Crippen molar-refractivity contribution >= 4 is 43.5 Å². The van der Waals surface area contributed by atoms with Crippen LogP contribution in [0.25, 0.3) is 56.0 Å². The van der Waals surface area contributed by atoms with E-state index in [1.165, 1.54) is 50.5 Å². The number of benzene rings is 3. The summed E-state index contributed by atoms with van der Waals surface area (Å²) >= 11 is 0. The molecule has 4 heterocycles. The first kappa shape index (κ1) is 27.7. The summed E-state index contributed by atoms with van der Waals surface area (Å²) in [7, 11) is -0.867. The fourth-order valence-corrected chi connectivity index (χ4v) is 6.27. The molecule has 7 rings (SSSR count). The van der Waals surface area contributed by atoms with Crippen LogP contribution in [-0.2, 0) is 23.0 Å². The number of nitrogens with zero attached hydrogens (tertiary/aromatic N) is 4. The van der Waals surface area contributed by atoms with E-state index in [4.69, 9.17) is 9.40 Å². The van der Waals surface area contributed by atoms with Crippen LogP contribution in [0, 0.1) is 11.6 Å². The molecule has 0 bridgehead atoms. The Morgan fingerprint density at radius 3 is 2.57 bits per heavy atom. The number of fused-ring (bicyclic) bond motifs is 6. The molecule has 1 aliphatic heterocycles. The minimum absolute atomic E-state index is 0.192. The van der Waals surface area contributed by atoms with Crippen molar-refractivity contribution in [2.24, 2.45) is 0 Å². The standard InChI is InChI=1S/C32H25F2N5O4S/c1-35-32(40)28-22-13-21(25(38(2)44(3,41)42)15-27(22)43-30(28)17-7-9-19(33)10-8-17)31-36-16-18-11-12-39-24-6-4-5-23(34)20(24)14-26(39)29(18)37-31/h4-10,13-16H,11-12H2,1-3H3,(H,35,40). The number of rotatable bonds is 5. The van der Waals surface area contributed by atoms with Gasteiger partial charge in [0.1, 0.15) is 23.0 Å². The third-order valence-electron chi connectivity index (χ3n) is 8.05. The zero-order valence-electron chi connectivity index (χ0n) is 23.9. The van der Waals surface area contributed by atoms with E-state index in [1.807, 2.05) is 10.6 Å². The maximum atomic E-state index is 14.7. The summed E-state index contributed by atoms with van der Waals surface area (Å²) in [4.78, 5) is 22.7. The van der Waals surface area contributed by atoms with Crippen molar-refractivity contribution in [3.63, 3.8) is 0 Å². The minimum Gasteiger partial charge on any atom is -0.455 e. The van der Waals surface area contributed by atoms with Crippen LogP contribution in [0.5, 0.6) is 0 Å². The molecule has 3 aromatic heterocycles. The first-order valence-corrected chi connectivity index (χ1v) is 15.6. The number of carbonyl (C=O) groups is 1. The molecule has 12 heteroatoms. The van der Waals surface area contributed by atoms with Gasteiger partial charge in [0.05, 0.1) is 34.4 Å². The molecular weight excluding hydrogens is 588 g/mol. The number of nitrogens with one attached hydrogen (secondary N) is 1. The van der Waals surface area contributed by atoms with E-state index in [9.17, 15) is 22.0 Å². The quantitative estimate of drug-likeness (QED) is 0.265. The number of sulfonamides is 1. The Morgan fingerprint density at radius 2 is 1.84 bits per heavy atom. The van der Waals surface area contributed by atoms with Gasteiger partial charge in [-0.1, -0.05) is 6.07 Å². The Kier molecular flexibility index (Phi) is 6.29. The average Bonchev–Trinajstić information content (AvgIpc) is 3.59. The summed E-state index contributed by atoms with van der Waals surface area (Å²) in [6.45, 7) is 0.628. The van der Waals surface area contributed by atoms with E-state index < -0.39 is 21.7 Å². The highest BCUT2D eigenvalue weighted by molar-refractivity contribution is 7.92. The number of carbonyl (C=O) groups excluding carboxylic acids is 1. The smallest absolute Gasteiger partial charge is 0.255 e. The van der Waals surface area contributed by atoms with Gasteiger partial charge >= 0.3 is 0 Å². The van der Waals surface area contributed by atoms with E-state index in [0.29, 0.717) is 40.6 Å². The first-order chi connectivity index (χ1) is 21.0. The fourth-order valence-electron chi connectivity index (χ4n) is 5.76. The van der Waals surface area contributed by atoms with Crippen LogP contribution < -0.4 is 9.62 Å². The van der Waals surface area contributed by atoms with Gasteiger partial charge in [0, 0.05) is 60.4 Å². The lowest BCUT2D eigenvalue weighted by Gasteiger charge is -2.22. The van der Waals surface area contributed by atoms with Crippen LogP contribution in [0.2, 0.25) is 0 Å². The highest BCUT2D eigenvalue weighted by atomic mass is 32.2. The van der Waals surface area contributed by atoms with Crippen molar-refractivity contribution in [3.05, 3.63) is 89.6 Å². The Hall–Kier alpha value is -5.10. The second-order valence-corrected chi connectivity index (χ2v) is 12.7. The molecule has 9 nitrogen and oxygen atoms in total. The van der Waals surface area contributed by atoms with Gasteiger partial charge in [0.15, 0.2) is 5.82 Å². The maximum absolute atomic E-state index is 14.7. The maximum Gasteiger partial charge on any atom is 0.255 e. The Bertz CT molecular complexity index is 2260. The van der Waals surface area contributed by atoms with Crippen LogP contribution >= 0.6 is 0 Å². The number of amides is 1. The van der Waals surface area contributed by atoms with Crippen molar-refractivity contribution in [2.45, 2.75) is 13.0 Å². The van der Waals surface area contributed by atoms with Gasteiger partial charge in [-0.3, -0.25) is 9.10 Å². The van der Waals surface area contributed by atoms with Crippen molar-refractivity contribution in [1.29, 1.82) is 0 Å². The molecule has 0 saturated carbocycles. The molecule has 1 N–H and O–H groups in total. The van der Waals surface area contributed by atoms with E-state index >= 15 is 0 Å². The lowest BCUT2D eigenvalue weighted by Crippen LogP contribution is -2.25. The number of hydrogen-bond acceptors (Lipinski definition) is 6. The van der Waals surface area contributed by atoms with E-state index in [-0.39, 0.29) is 34.2 Å². The average molecular weight is 614 g/mol. The predicted molar refractivity (Wildman–Crippen MR) is 164 cm³/mol. The number of anilines is 1. The molecule has 3 aromatic carbocycles. The fraction of sp³-hybridized carbons (Fsp3) is 0.156. The monoisotopic (exact) mass is 613 g/mol. The third kappa shape index (κ3) is 4.32. The number of aromatic nitrogens is 3. The second kappa shape index (κ2) is 9.98. The van der Waals surface area contributed by atoms with Crippen molar-refractivity contribution in [2.75, 3.05) is 24.7 Å². The second-order valence-electron chi connectivity index (χ2n) is 10.7. The number of halogens is 2. The predicted octanol–water partition coefficient (Wildman–Crippen LogP) is 5.77. The number of hydrogen-bond donors (Lipinski definition) is 1. The summed E-state index contributed by atoms with van der Waals surface area (Å²) < 4.78 is 63.2. The van der Waals surface area contributed by atoms with Crippen molar-refractivity contribution in [3.8, 4) is 34.1 Å². The highest BCUT2D eigenvalue weighted by Gasteiger charge is 2.28. The van der Waals surface area contributed by atoms with Gasteiger partial charge in [0.2, 0.25) is 10.0 Å². The lowest BCUT2D eigenvalue weighted by molar-refractivity contribution is 0.0964.